The predicted octanol–water partition coefficient (Wildman–Crippen LogP) is 1.96. The average molecular weight is 481 g/mol. The van der Waals surface area contributed by atoms with Crippen LogP contribution in [0.25, 0.3) is 0 Å². The Morgan fingerprint density at radius 3 is 2.30 bits per heavy atom. The van der Waals surface area contributed by atoms with Gasteiger partial charge in [-0.25, -0.2) is 8.42 Å². The second-order valence-corrected chi connectivity index (χ2v) is 10.3. The molecule has 9 nitrogen and oxygen atoms in total. The fraction of sp³-hybridized carbons (Fsp3) is 0.609. The van der Waals surface area contributed by atoms with Crippen LogP contribution < -0.4 is 0 Å². The van der Waals surface area contributed by atoms with E-state index in [1.54, 1.807) is 30.0 Å². The molecule has 33 heavy (non-hydrogen) atoms. The summed E-state index contributed by atoms with van der Waals surface area (Å²) in [6.07, 6.45) is 1.65. The Morgan fingerprint density at radius 1 is 1.00 bits per heavy atom. The third kappa shape index (κ3) is 5.92. The number of rotatable bonds is 7. The van der Waals surface area contributed by atoms with Gasteiger partial charge in [0.2, 0.25) is 10.0 Å². The van der Waals surface area contributed by atoms with Crippen molar-refractivity contribution in [3.63, 3.8) is 0 Å². The van der Waals surface area contributed by atoms with Gasteiger partial charge in [-0.2, -0.15) is 4.31 Å². The third-order valence-electron chi connectivity index (χ3n) is 6.14. The molecule has 2 fully saturated rings. The summed E-state index contributed by atoms with van der Waals surface area (Å²) in [5.41, 5.74) is 0. The van der Waals surface area contributed by atoms with Crippen LogP contribution in [0.4, 0.5) is 0 Å². The van der Waals surface area contributed by atoms with Crippen molar-refractivity contribution in [1.82, 2.24) is 9.21 Å². The van der Waals surface area contributed by atoms with Gasteiger partial charge >= 0.3 is 11.9 Å². The summed E-state index contributed by atoms with van der Waals surface area (Å²) in [7, 11) is -3.86. The van der Waals surface area contributed by atoms with Crippen LogP contribution in [0.2, 0.25) is 0 Å². The number of nitrogens with zero attached hydrogens (tertiary/aromatic N) is 2. The molecule has 1 amide bonds. The van der Waals surface area contributed by atoms with Crippen molar-refractivity contribution in [2.45, 2.75) is 63.0 Å². The van der Waals surface area contributed by atoms with Crippen molar-refractivity contribution < 1.29 is 32.3 Å². The van der Waals surface area contributed by atoms with Crippen molar-refractivity contribution in [3.8, 4) is 0 Å². The van der Waals surface area contributed by atoms with Crippen LogP contribution in [0, 0.1) is 5.92 Å². The van der Waals surface area contributed by atoms with Gasteiger partial charge in [-0.1, -0.05) is 18.2 Å². The van der Waals surface area contributed by atoms with Crippen LogP contribution in [0.5, 0.6) is 0 Å². The van der Waals surface area contributed by atoms with E-state index in [1.165, 1.54) is 23.4 Å². The van der Waals surface area contributed by atoms with Crippen LogP contribution in [0.1, 0.15) is 46.0 Å². The molecular formula is C23H32N2O7S. The molecule has 2 saturated heterocycles. The Kier molecular flexibility index (Phi) is 8.47. The number of ether oxygens (including phenoxy) is 2. The maximum atomic E-state index is 13.1. The highest BCUT2D eigenvalue weighted by Gasteiger charge is 2.40. The zero-order chi connectivity index (χ0) is 24.0. The molecule has 2 aliphatic heterocycles. The zero-order valence-electron chi connectivity index (χ0n) is 19.1. The van der Waals surface area contributed by atoms with Gasteiger partial charge in [-0.05, 0) is 58.1 Å². The molecule has 0 unspecified atom stereocenters. The first-order valence-electron chi connectivity index (χ1n) is 11.5. The Hall–Kier alpha value is -2.46. The zero-order valence-corrected chi connectivity index (χ0v) is 20.0. The lowest BCUT2D eigenvalue weighted by Crippen LogP contribution is -2.51. The van der Waals surface area contributed by atoms with Gasteiger partial charge in [0.15, 0.2) is 6.10 Å². The van der Waals surface area contributed by atoms with Crippen LogP contribution in [0.15, 0.2) is 35.2 Å². The van der Waals surface area contributed by atoms with E-state index in [2.05, 4.69) is 0 Å². The van der Waals surface area contributed by atoms with E-state index >= 15 is 0 Å². The van der Waals surface area contributed by atoms with E-state index in [0.717, 1.165) is 0 Å². The minimum Gasteiger partial charge on any atom is -0.466 e. The minimum absolute atomic E-state index is 0.123. The van der Waals surface area contributed by atoms with Crippen LogP contribution in [-0.2, 0) is 33.9 Å². The molecule has 0 radical (unpaired) electrons. The van der Waals surface area contributed by atoms with Crippen molar-refractivity contribution in [3.05, 3.63) is 30.3 Å². The summed E-state index contributed by atoms with van der Waals surface area (Å²) in [4.78, 5) is 39.4. The number of amides is 1. The molecular weight excluding hydrogens is 448 g/mol. The SMILES string of the molecule is CCOC(=O)C1CCN(C(=O)[C@H](C)OC(=O)[C@H]2CCCCN2S(=O)(=O)c2ccccc2)CC1. The first-order chi connectivity index (χ1) is 15.8. The molecule has 1 aromatic carbocycles. The largest absolute Gasteiger partial charge is 0.466 e. The van der Waals surface area contributed by atoms with Crippen molar-refractivity contribution in [2.75, 3.05) is 26.2 Å². The summed E-state index contributed by atoms with van der Waals surface area (Å²) >= 11 is 0. The highest BCUT2D eigenvalue weighted by atomic mass is 32.2. The molecule has 0 N–H and O–H groups in total. The molecule has 3 rings (SSSR count). The molecule has 0 aliphatic carbocycles. The number of carbonyl (C=O) groups is 3. The van der Waals surface area contributed by atoms with E-state index in [1.807, 2.05) is 0 Å². The number of benzene rings is 1. The quantitative estimate of drug-likeness (QED) is 0.549. The second-order valence-electron chi connectivity index (χ2n) is 8.37. The average Bonchev–Trinajstić information content (AvgIpc) is 2.84. The fourth-order valence-corrected chi connectivity index (χ4v) is 5.98. The van der Waals surface area contributed by atoms with Crippen LogP contribution >= 0.6 is 0 Å². The van der Waals surface area contributed by atoms with E-state index in [-0.39, 0.29) is 29.2 Å². The lowest BCUT2D eigenvalue weighted by atomic mass is 9.96. The molecule has 2 atom stereocenters. The van der Waals surface area contributed by atoms with Crippen molar-refractivity contribution in [2.24, 2.45) is 5.92 Å². The van der Waals surface area contributed by atoms with Gasteiger partial charge in [-0.3, -0.25) is 14.4 Å². The topological polar surface area (TPSA) is 110 Å². The highest BCUT2D eigenvalue weighted by Crippen LogP contribution is 2.27. The molecule has 0 bridgehead atoms. The van der Waals surface area contributed by atoms with Gasteiger partial charge in [0.25, 0.3) is 5.91 Å². The fourth-order valence-electron chi connectivity index (χ4n) is 4.31. The lowest BCUT2D eigenvalue weighted by Gasteiger charge is -2.35. The summed E-state index contributed by atoms with van der Waals surface area (Å²) in [5.74, 6) is -1.54. The molecule has 0 aromatic heterocycles. The Balaban J connectivity index is 1.61. The number of piperidine rings is 2. The maximum absolute atomic E-state index is 13.1. The molecule has 2 aliphatic rings. The van der Waals surface area contributed by atoms with E-state index in [9.17, 15) is 22.8 Å². The molecule has 2 heterocycles. The monoisotopic (exact) mass is 480 g/mol. The minimum atomic E-state index is -3.86. The Labute approximate surface area is 195 Å². The van der Waals surface area contributed by atoms with Crippen LogP contribution in [0.3, 0.4) is 0 Å². The summed E-state index contributed by atoms with van der Waals surface area (Å²) < 4.78 is 37.9. The molecule has 0 saturated carbocycles. The lowest BCUT2D eigenvalue weighted by molar-refractivity contribution is -0.164. The van der Waals surface area contributed by atoms with Gasteiger partial charge in [0.05, 0.1) is 17.4 Å². The standard InChI is InChI=1S/C23H32N2O7S/c1-3-31-22(27)18-12-15-24(16-13-18)21(26)17(2)32-23(28)20-11-7-8-14-25(20)33(29,30)19-9-5-4-6-10-19/h4-6,9-10,17-18,20H,3,7-8,11-16H2,1-2H3/t17-,20+/m0/s1. The van der Waals surface area contributed by atoms with E-state index in [4.69, 9.17) is 9.47 Å². The number of esters is 2. The second kappa shape index (κ2) is 11.1. The number of hydrogen-bond acceptors (Lipinski definition) is 7. The van der Waals surface area contributed by atoms with Gasteiger partial charge in [0, 0.05) is 19.6 Å². The molecule has 1 aromatic rings. The summed E-state index contributed by atoms with van der Waals surface area (Å²) in [6.45, 7) is 4.55. The van der Waals surface area contributed by atoms with Gasteiger partial charge in [0.1, 0.15) is 6.04 Å². The number of likely N-dealkylation sites (tertiary alicyclic amines) is 1. The van der Waals surface area contributed by atoms with E-state index < -0.39 is 28.1 Å². The van der Waals surface area contributed by atoms with Crippen molar-refractivity contribution >= 4 is 27.9 Å². The third-order valence-corrected chi connectivity index (χ3v) is 8.07. The first kappa shape index (κ1) is 25.2. The van der Waals surface area contributed by atoms with E-state index in [0.29, 0.717) is 51.8 Å². The highest BCUT2D eigenvalue weighted by molar-refractivity contribution is 7.89. The summed E-state index contributed by atoms with van der Waals surface area (Å²) in [5, 5.41) is 0. The normalized spacial score (nSPS) is 21.3. The van der Waals surface area contributed by atoms with Gasteiger partial charge in [-0.15, -0.1) is 0 Å². The Bertz CT molecular complexity index is 943. The van der Waals surface area contributed by atoms with Gasteiger partial charge < -0.3 is 14.4 Å². The number of carbonyl (C=O) groups excluding carboxylic acids is 3. The van der Waals surface area contributed by atoms with Crippen LogP contribution in [-0.4, -0.2) is 73.9 Å². The number of hydrogen-bond donors (Lipinski definition) is 0. The molecule has 182 valence electrons. The number of sulfonamides is 1. The summed E-state index contributed by atoms with van der Waals surface area (Å²) in [6, 6.07) is 7.03. The smallest absolute Gasteiger partial charge is 0.325 e. The van der Waals surface area contributed by atoms with Crippen molar-refractivity contribution in [1.29, 1.82) is 0 Å². The maximum Gasteiger partial charge on any atom is 0.325 e. The molecule has 10 heteroatoms. The first-order valence-corrected chi connectivity index (χ1v) is 12.9. The molecule has 0 spiro atoms. The Morgan fingerprint density at radius 2 is 1.67 bits per heavy atom. The predicted molar refractivity (Wildman–Crippen MR) is 119 cm³/mol.